The highest BCUT2D eigenvalue weighted by Crippen LogP contribution is 2.48. The Bertz CT molecular complexity index is 3110. The van der Waals surface area contributed by atoms with Crippen molar-refractivity contribution in [2.45, 2.75) is 0 Å². The molecule has 0 spiro atoms. The summed E-state index contributed by atoms with van der Waals surface area (Å²) in [6.07, 6.45) is 0. The summed E-state index contributed by atoms with van der Waals surface area (Å²) >= 11 is 0. The summed E-state index contributed by atoms with van der Waals surface area (Å²) in [7, 11) is 0. The molecule has 0 amide bonds. The van der Waals surface area contributed by atoms with Crippen molar-refractivity contribution in [2.75, 3.05) is 9.80 Å². The number of furan rings is 1. The molecule has 10 aromatic carbocycles. The SMILES string of the molecule is c1ccc(-c2ccc(N(c3ccc(-c4ccccc4)cc3)c3cc(N(c4ccc(-c5ccccc5)cc4)c4ccc(-c5ccccc5)cc4)c4oc5ccccc5c4c3)cc2)cc1. The first kappa shape index (κ1) is 37.6. The van der Waals surface area contributed by atoms with E-state index < -0.39 is 0 Å². The second-order valence-corrected chi connectivity index (χ2v) is 15.8. The normalized spacial score (nSPS) is 11.2. The lowest BCUT2D eigenvalue weighted by Gasteiger charge is -2.30. The van der Waals surface area contributed by atoms with E-state index in [2.05, 4.69) is 259 Å². The summed E-state index contributed by atoms with van der Waals surface area (Å²) in [4.78, 5) is 4.70. The van der Waals surface area contributed by atoms with Crippen LogP contribution in [-0.4, -0.2) is 0 Å². The van der Waals surface area contributed by atoms with Gasteiger partial charge in [-0.15, -0.1) is 0 Å². The number of anilines is 6. The molecule has 0 saturated heterocycles. The van der Waals surface area contributed by atoms with Crippen LogP contribution in [0.5, 0.6) is 0 Å². The largest absolute Gasteiger partial charge is 0.454 e. The van der Waals surface area contributed by atoms with Crippen molar-refractivity contribution in [3.63, 3.8) is 0 Å². The fraction of sp³-hybridized carbons (Fsp3) is 0. The van der Waals surface area contributed by atoms with Crippen molar-refractivity contribution in [2.24, 2.45) is 0 Å². The van der Waals surface area contributed by atoms with Gasteiger partial charge in [0, 0.05) is 39.2 Å². The zero-order valence-electron chi connectivity index (χ0n) is 34.6. The summed E-state index contributed by atoms with van der Waals surface area (Å²) in [6.45, 7) is 0. The van der Waals surface area contributed by atoms with Gasteiger partial charge in [-0.3, -0.25) is 0 Å². The van der Waals surface area contributed by atoms with Crippen LogP contribution in [-0.2, 0) is 0 Å². The third-order valence-electron chi connectivity index (χ3n) is 11.9. The molecule has 11 aromatic rings. The molecule has 0 aliphatic rings. The molecule has 1 heterocycles. The summed E-state index contributed by atoms with van der Waals surface area (Å²) in [5, 5.41) is 2.10. The molecular weight excluding hydrogens is 765 g/mol. The second kappa shape index (κ2) is 16.6. The van der Waals surface area contributed by atoms with E-state index in [1.54, 1.807) is 0 Å². The van der Waals surface area contributed by atoms with Gasteiger partial charge in [0.2, 0.25) is 0 Å². The highest BCUT2D eigenvalue weighted by molar-refractivity contribution is 6.12. The van der Waals surface area contributed by atoms with Crippen LogP contribution in [0.15, 0.2) is 259 Å². The summed E-state index contributed by atoms with van der Waals surface area (Å²) in [5.74, 6) is 0. The maximum atomic E-state index is 6.91. The lowest BCUT2D eigenvalue weighted by atomic mass is 10.0. The van der Waals surface area contributed by atoms with E-state index in [1.165, 1.54) is 33.4 Å². The van der Waals surface area contributed by atoms with Gasteiger partial charge in [0.1, 0.15) is 5.58 Å². The van der Waals surface area contributed by atoms with Gasteiger partial charge in [0.25, 0.3) is 0 Å². The highest BCUT2D eigenvalue weighted by atomic mass is 16.3. The number of rotatable bonds is 10. The van der Waals surface area contributed by atoms with Crippen LogP contribution >= 0.6 is 0 Å². The predicted molar refractivity (Wildman–Crippen MR) is 265 cm³/mol. The van der Waals surface area contributed by atoms with Gasteiger partial charge in [-0.2, -0.15) is 0 Å². The van der Waals surface area contributed by atoms with Gasteiger partial charge in [0.15, 0.2) is 5.58 Å². The predicted octanol–water partition coefficient (Wildman–Crippen LogP) is 17.2. The van der Waals surface area contributed by atoms with Crippen molar-refractivity contribution in [1.29, 1.82) is 0 Å². The monoisotopic (exact) mass is 806 g/mol. The van der Waals surface area contributed by atoms with Gasteiger partial charge in [-0.1, -0.05) is 188 Å². The second-order valence-electron chi connectivity index (χ2n) is 15.8. The van der Waals surface area contributed by atoms with Crippen LogP contribution < -0.4 is 9.80 Å². The Morgan fingerprint density at radius 1 is 0.238 bits per heavy atom. The minimum absolute atomic E-state index is 0.818. The first-order chi connectivity index (χ1) is 31.2. The molecule has 3 nitrogen and oxygen atoms in total. The van der Waals surface area contributed by atoms with E-state index in [0.717, 1.165) is 67.2 Å². The van der Waals surface area contributed by atoms with Gasteiger partial charge < -0.3 is 14.2 Å². The maximum absolute atomic E-state index is 6.91. The van der Waals surface area contributed by atoms with Crippen molar-refractivity contribution in [1.82, 2.24) is 0 Å². The Labute approximate surface area is 368 Å². The van der Waals surface area contributed by atoms with E-state index in [0.29, 0.717) is 0 Å². The number of fused-ring (bicyclic) bond motifs is 3. The Kier molecular flexibility index (Phi) is 9.89. The van der Waals surface area contributed by atoms with Crippen molar-refractivity contribution in [3.8, 4) is 44.5 Å². The van der Waals surface area contributed by atoms with E-state index in [4.69, 9.17) is 4.42 Å². The maximum Gasteiger partial charge on any atom is 0.159 e. The van der Waals surface area contributed by atoms with Crippen LogP contribution in [0.2, 0.25) is 0 Å². The third kappa shape index (κ3) is 7.43. The van der Waals surface area contributed by atoms with Crippen LogP contribution in [0, 0.1) is 0 Å². The van der Waals surface area contributed by atoms with E-state index in [1.807, 2.05) is 6.07 Å². The molecule has 0 aliphatic carbocycles. The van der Waals surface area contributed by atoms with Crippen LogP contribution in [0.25, 0.3) is 66.4 Å². The average Bonchev–Trinajstić information content (AvgIpc) is 3.75. The van der Waals surface area contributed by atoms with Gasteiger partial charge >= 0.3 is 0 Å². The van der Waals surface area contributed by atoms with Crippen LogP contribution in [0.1, 0.15) is 0 Å². The smallest absolute Gasteiger partial charge is 0.159 e. The molecular formula is C60H42N2O. The number of para-hydroxylation sites is 1. The molecule has 0 bridgehead atoms. The highest BCUT2D eigenvalue weighted by Gasteiger charge is 2.24. The van der Waals surface area contributed by atoms with Crippen LogP contribution in [0.4, 0.5) is 34.1 Å². The van der Waals surface area contributed by atoms with Gasteiger partial charge in [-0.05, 0) is 111 Å². The molecule has 11 rings (SSSR count). The van der Waals surface area contributed by atoms with Crippen molar-refractivity contribution < 1.29 is 4.42 Å². The van der Waals surface area contributed by atoms with Gasteiger partial charge in [-0.25, -0.2) is 0 Å². The standard InChI is InChI=1S/C60H42N2O/c1-5-15-43(16-6-1)47-25-33-51(34-26-47)61(52-35-27-48(28-36-52)44-17-7-2-8-18-44)55-41-57-56-23-13-14-24-59(56)63-60(57)58(42-55)62(53-37-29-49(30-38-53)45-19-9-3-10-20-45)54-39-31-50(32-40-54)46-21-11-4-12-22-46/h1-42H. The van der Waals surface area contributed by atoms with E-state index in [-0.39, 0.29) is 0 Å². The lowest BCUT2D eigenvalue weighted by molar-refractivity contribution is 0.669. The fourth-order valence-corrected chi connectivity index (χ4v) is 8.70. The number of hydrogen-bond acceptors (Lipinski definition) is 3. The first-order valence-corrected chi connectivity index (χ1v) is 21.4. The minimum Gasteiger partial charge on any atom is -0.454 e. The van der Waals surface area contributed by atoms with Crippen LogP contribution in [0.3, 0.4) is 0 Å². The first-order valence-electron chi connectivity index (χ1n) is 21.4. The molecule has 0 radical (unpaired) electrons. The summed E-state index contributed by atoms with van der Waals surface area (Å²) in [5.41, 5.74) is 17.1. The Balaban J connectivity index is 1.13. The van der Waals surface area contributed by atoms with E-state index in [9.17, 15) is 0 Å². The van der Waals surface area contributed by atoms with Gasteiger partial charge in [0.05, 0.1) is 5.69 Å². The number of nitrogens with zero attached hydrogens (tertiary/aromatic N) is 2. The average molecular weight is 807 g/mol. The Morgan fingerprint density at radius 3 is 0.937 bits per heavy atom. The zero-order valence-corrected chi connectivity index (χ0v) is 34.6. The molecule has 0 aliphatic heterocycles. The molecule has 0 atom stereocenters. The molecule has 63 heavy (non-hydrogen) atoms. The Morgan fingerprint density at radius 2 is 0.556 bits per heavy atom. The quantitative estimate of drug-likeness (QED) is 0.137. The summed E-state index contributed by atoms with van der Waals surface area (Å²) < 4.78 is 6.91. The molecule has 0 saturated carbocycles. The molecule has 298 valence electrons. The molecule has 3 heteroatoms. The fourth-order valence-electron chi connectivity index (χ4n) is 8.70. The zero-order chi connectivity index (χ0) is 42.0. The topological polar surface area (TPSA) is 19.6 Å². The third-order valence-corrected chi connectivity index (χ3v) is 11.9. The van der Waals surface area contributed by atoms with E-state index >= 15 is 0 Å². The molecule has 1 aromatic heterocycles. The number of benzene rings is 10. The van der Waals surface area contributed by atoms with Crippen molar-refractivity contribution >= 4 is 56.1 Å². The summed E-state index contributed by atoms with van der Waals surface area (Å²) in [6, 6.07) is 90.7. The minimum atomic E-state index is 0.818. The Hall–Kier alpha value is -8.40. The van der Waals surface area contributed by atoms with Crippen molar-refractivity contribution in [3.05, 3.63) is 255 Å². The molecule has 0 unspecified atom stereocenters. The molecule has 0 N–H and O–H groups in total. The number of hydrogen-bond donors (Lipinski definition) is 0. The molecule has 0 fully saturated rings. The lowest BCUT2D eigenvalue weighted by Crippen LogP contribution is -2.13.